The number of piperidine rings is 1. The summed E-state index contributed by atoms with van der Waals surface area (Å²) in [5, 5.41) is 1.03. The summed E-state index contributed by atoms with van der Waals surface area (Å²) in [4.78, 5) is 19.1. The molecule has 1 saturated heterocycles. The van der Waals surface area contributed by atoms with Crippen molar-refractivity contribution in [1.82, 2.24) is 9.88 Å². The van der Waals surface area contributed by atoms with E-state index in [1.54, 1.807) is 6.07 Å². The fourth-order valence-corrected chi connectivity index (χ4v) is 4.27. The third-order valence-electron chi connectivity index (χ3n) is 5.94. The lowest BCUT2D eigenvalue weighted by atomic mass is 9.96. The highest BCUT2D eigenvalue weighted by Gasteiger charge is 2.25. The molecule has 1 aliphatic heterocycles. The number of aromatic nitrogens is 1. The SMILES string of the molecule is CCc1ccc2c(CN3CCC(c4nc5ccccc5o4)CC3)cc(=O)oc2c1. The van der Waals surface area contributed by atoms with E-state index in [1.165, 1.54) is 5.56 Å². The van der Waals surface area contributed by atoms with Gasteiger partial charge in [0, 0.05) is 23.9 Å². The van der Waals surface area contributed by atoms with Crippen LogP contribution in [-0.4, -0.2) is 23.0 Å². The zero-order chi connectivity index (χ0) is 19.8. The van der Waals surface area contributed by atoms with Gasteiger partial charge in [0.15, 0.2) is 11.5 Å². The molecule has 0 spiro atoms. The van der Waals surface area contributed by atoms with E-state index in [9.17, 15) is 4.79 Å². The lowest BCUT2D eigenvalue weighted by Crippen LogP contribution is -2.32. The van der Waals surface area contributed by atoms with E-state index in [0.29, 0.717) is 11.5 Å². The first-order valence-corrected chi connectivity index (χ1v) is 10.3. The van der Waals surface area contributed by atoms with Gasteiger partial charge in [-0.1, -0.05) is 31.2 Å². The number of hydrogen-bond donors (Lipinski definition) is 0. The number of nitrogens with zero attached hydrogens (tertiary/aromatic N) is 2. The van der Waals surface area contributed by atoms with Gasteiger partial charge in [-0.2, -0.15) is 0 Å². The van der Waals surface area contributed by atoms with Gasteiger partial charge in [0.1, 0.15) is 11.1 Å². The summed E-state index contributed by atoms with van der Waals surface area (Å²) in [5.41, 5.74) is 4.42. The van der Waals surface area contributed by atoms with Crippen molar-refractivity contribution < 1.29 is 8.83 Å². The average Bonchev–Trinajstić information content (AvgIpc) is 3.18. The van der Waals surface area contributed by atoms with Crippen LogP contribution in [0.2, 0.25) is 0 Å². The summed E-state index contributed by atoms with van der Waals surface area (Å²) in [6.07, 6.45) is 2.94. The van der Waals surface area contributed by atoms with Gasteiger partial charge in [-0.05, 0) is 61.7 Å². The van der Waals surface area contributed by atoms with E-state index >= 15 is 0 Å². The Labute approximate surface area is 169 Å². The van der Waals surface area contributed by atoms with Gasteiger partial charge in [0.2, 0.25) is 0 Å². The number of oxazole rings is 1. The predicted octanol–water partition coefficient (Wildman–Crippen LogP) is 4.88. The fraction of sp³-hybridized carbons (Fsp3) is 0.333. The van der Waals surface area contributed by atoms with Crippen molar-refractivity contribution in [2.75, 3.05) is 13.1 Å². The molecule has 1 fully saturated rings. The van der Waals surface area contributed by atoms with Gasteiger partial charge in [-0.25, -0.2) is 9.78 Å². The topological polar surface area (TPSA) is 59.5 Å². The van der Waals surface area contributed by atoms with Crippen LogP contribution in [0.4, 0.5) is 0 Å². The highest BCUT2D eigenvalue weighted by atomic mass is 16.4. The first-order valence-electron chi connectivity index (χ1n) is 10.3. The van der Waals surface area contributed by atoms with Crippen LogP contribution >= 0.6 is 0 Å². The van der Waals surface area contributed by atoms with Crippen molar-refractivity contribution in [3.05, 3.63) is 76.0 Å². The minimum Gasteiger partial charge on any atom is -0.440 e. The summed E-state index contributed by atoms with van der Waals surface area (Å²) in [6, 6.07) is 15.7. The molecule has 0 bridgehead atoms. The molecular weight excluding hydrogens is 364 g/mol. The summed E-state index contributed by atoms with van der Waals surface area (Å²) in [7, 11) is 0. The van der Waals surface area contributed by atoms with E-state index in [4.69, 9.17) is 8.83 Å². The Kier molecular flexibility index (Phi) is 4.68. The number of fused-ring (bicyclic) bond motifs is 2. The zero-order valence-corrected chi connectivity index (χ0v) is 16.6. The maximum absolute atomic E-state index is 12.1. The Morgan fingerprint density at radius 3 is 2.66 bits per heavy atom. The zero-order valence-electron chi connectivity index (χ0n) is 16.6. The highest BCUT2D eigenvalue weighted by Crippen LogP contribution is 2.31. The van der Waals surface area contributed by atoms with Crippen LogP contribution in [0.15, 0.2) is 62.2 Å². The quantitative estimate of drug-likeness (QED) is 0.467. The second-order valence-corrected chi connectivity index (χ2v) is 7.84. The number of benzene rings is 2. The van der Waals surface area contributed by atoms with Crippen molar-refractivity contribution in [2.24, 2.45) is 0 Å². The van der Waals surface area contributed by atoms with E-state index in [2.05, 4.69) is 28.9 Å². The summed E-state index contributed by atoms with van der Waals surface area (Å²) in [5.74, 6) is 1.20. The molecule has 0 N–H and O–H groups in total. The molecule has 2 aromatic heterocycles. The Morgan fingerprint density at radius 2 is 1.86 bits per heavy atom. The number of rotatable bonds is 4. The molecule has 5 rings (SSSR count). The molecule has 2 aromatic carbocycles. The van der Waals surface area contributed by atoms with Gasteiger partial charge in [-0.15, -0.1) is 0 Å². The van der Waals surface area contributed by atoms with Gasteiger partial charge in [0.25, 0.3) is 0 Å². The molecule has 0 saturated carbocycles. The molecule has 3 heterocycles. The Hall–Kier alpha value is -2.92. The predicted molar refractivity (Wildman–Crippen MR) is 113 cm³/mol. The van der Waals surface area contributed by atoms with Crippen LogP contribution in [-0.2, 0) is 13.0 Å². The molecule has 0 amide bonds. The fourth-order valence-electron chi connectivity index (χ4n) is 4.27. The van der Waals surface area contributed by atoms with Gasteiger partial charge in [-0.3, -0.25) is 4.90 Å². The van der Waals surface area contributed by atoms with Crippen molar-refractivity contribution >= 4 is 22.1 Å². The van der Waals surface area contributed by atoms with Crippen molar-refractivity contribution in [2.45, 2.75) is 38.6 Å². The van der Waals surface area contributed by atoms with Crippen LogP contribution in [0, 0.1) is 0 Å². The number of aryl methyl sites for hydroxylation is 1. The van der Waals surface area contributed by atoms with Crippen molar-refractivity contribution in [1.29, 1.82) is 0 Å². The lowest BCUT2D eigenvalue weighted by Gasteiger charge is -2.30. The van der Waals surface area contributed by atoms with E-state index in [0.717, 1.165) is 66.8 Å². The molecule has 4 aromatic rings. The maximum atomic E-state index is 12.1. The second kappa shape index (κ2) is 7.48. The Bertz CT molecular complexity index is 1180. The first kappa shape index (κ1) is 18.1. The standard InChI is InChI=1S/C24H24N2O3/c1-2-16-7-8-19-18(14-23(27)28-22(19)13-16)15-26-11-9-17(10-12-26)24-25-20-5-3-4-6-21(20)29-24/h3-8,13-14,17H,2,9-12,15H2,1H3. The largest absolute Gasteiger partial charge is 0.440 e. The molecule has 1 aliphatic rings. The Balaban J connectivity index is 1.32. The van der Waals surface area contributed by atoms with Crippen LogP contribution in [0.3, 0.4) is 0 Å². The van der Waals surface area contributed by atoms with Gasteiger partial charge < -0.3 is 8.83 Å². The molecular formula is C24H24N2O3. The van der Waals surface area contributed by atoms with Crippen LogP contribution in [0.5, 0.6) is 0 Å². The van der Waals surface area contributed by atoms with Crippen LogP contribution in [0.25, 0.3) is 22.1 Å². The van der Waals surface area contributed by atoms with E-state index in [1.807, 2.05) is 30.3 Å². The van der Waals surface area contributed by atoms with Gasteiger partial charge in [0.05, 0.1) is 0 Å². The summed E-state index contributed by atoms with van der Waals surface area (Å²) < 4.78 is 11.4. The molecule has 29 heavy (non-hydrogen) atoms. The number of likely N-dealkylation sites (tertiary alicyclic amines) is 1. The minimum atomic E-state index is -0.276. The van der Waals surface area contributed by atoms with Crippen molar-refractivity contribution in [3.63, 3.8) is 0 Å². The first-order chi connectivity index (χ1) is 14.2. The maximum Gasteiger partial charge on any atom is 0.336 e. The molecule has 5 nitrogen and oxygen atoms in total. The smallest absolute Gasteiger partial charge is 0.336 e. The molecule has 0 radical (unpaired) electrons. The van der Waals surface area contributed by atoms with Crippen LogP contribution in [0.1, 0.15) is 42.7 Å². The van der Waals surface area contributed by atoms with Gasteiger partial charge >= 0.3 is 5.63 Å². The minimum absolute atomic E-state index is 0.276. The molecule has 5 heteroatoms. The molecule has 0 aliphatic carbocycles. The third kappa shape index (κ3) is 3.58. The molecule has 0 unspecified atom stereocenters. The number of hydrogen-bond acceptors (Lipinski definition) is 5. The lowest BCUT2D eigenvalue weighted by molar-refractivity contribution is 0.194. The average molecular weight is 388 g/mol. The van der Waals surface area contributed by atoms with E-state index < -0.39 is 0 Å². The monoisotopic (exact) mass is 388 g/mol. The third-order valence-corrected chi connectivity index (χ3v) is 5.94. The summed E-state index contributed by atoms with van der Waals surface area (Å²) in [6.45, 7) is 4.77. The summed E-state index contributed by atoms with van der Waals surface area (Å²) >= 11 is 0. The van der Waals surface area contributed by atoms with E-state index in [-0.39, 0.29) is 5.63 Å². The van der Waals surface area contributed by atoms with Crippen LogP contribution < -0.4 is 5.63 Å². The Morgan fingerprint density at radius 1 is 1.03 bits per heavy atom. The normalized spacial score (nSPS) is 16.0. The molecule has 0 atom stereocenters. The molecule has 148 valence electrons. The number of para-hydroxylation sites is 2. The second-order valence-electron chi connectivity index (χ2n) is 7.84. The highest BCUT2D eigenvalue weighted by molar-refractivity contribution is 5.80. The van der Waals surface area contributed by atoms with Crippen molar-refractivity contribution in [3.8, 4) is 0 Å².